The number of fused-ring (bicyclic) bond motifs is 5. The summed E-state index contributed by atoms with van der Waals surface area (Å²) in [5.74, 6) is 0.884. The monoisotopic (exact) mass is 249 g/mol. The molecule has 0 amide bonds. The van der Waals surface area contributed by atoms with Gasteiger partial charge in [-0.15, -0.1) is 0 Å². The number of aromatic amines is 1. The van der Waals surface area contributed by atoms with Gasteiger partial charge >= 0.3 is 0 Å². The van der Waals surface area contributed by atoms with Gasteiger partial charge in [-0.25, -0.2) is 0 Å². The van der Waals surface area contributed by atoms with Crippen LogP contribution in [0.25, 0.3) is 27.3 Å². The molecule has 19 heavy (non-hydrogen) atoms. The third kappa shape index (κ3) is 1.41. The minimum absolute atomic E-state index is 0.884. The number of H-pyrrole nitrogens is 1. The quantitative estimate of drug-likeness (QED) is 0.516. The fourth-order valence-corrected chi connectivity index (χ4v) is 2.65. The van der Waals surface area contributed by atoms with E-state index >= 15 is 0 Å². The fourth-order valence-electron chi connectivity index (χ4n) is 2.65. The molecule has 3 heteroatoms. The number of methoxy groups -OCH3 is 1. The Morgan fingerprint density at radius 1 is 1.00 bits per heavy atom. The number of aromatic nitrogens is 2. The molecule has 1 aromatic carbocycles. The van der Waals surface area contributed by atoms with E-state index in [1.165, 1.54) is 16.3 Å². The molecule has 4 rings (SSSR count). The Morgan fingerprint density at radius 3 is 2.84 bits per heavy atom. The van der Waals surface area contributed by atoms with Crippen molar-refractivity contribution in [1.29, 1.82) is 0 Å². The Balaban J connectivity index is 2.21. The first kappa shape index (κ1) is 10.4. The van der Waals surface area contributed by atoms with E-state index in [9.17, 15) is 0 Å². The van der Waals surface area contributed by atoms with E-state index in [4.69, 9.17) is 4.74 Å². The van der Waals surface area contributed by atoms with Crippen molar-refractivity contribution in [2.24, 2.45) is 0 Å². The van der Waals surface area contributed by atoms with Crippen LogP contribution < -0.4 is 9.14 Å². The summed E-state index contributed by atoms with van der Waals surface area (Å²) in [6, 6.07) is 14.5. The summed E-state index contributed by atoms with van der Waals surface area (Å²) < 4.78 is 7.43. The number of pyridine rings is 2. The first-order chi connectivity index (χ1) is 9.36. The maximum absolute atomic E-state index is 5.31. The molecule has 0 saturated carbocycles. The molecule has 4 aromatic rings. The van der Waals surface area contributed by atoms with E-state index in [1.54, 1.807) is 7.11 Å². The summed E-state index contributed by atoms with van der Waals surface area (Å²) in [5.41, 5.74) is 3.47. The van der Waals surface area contributed by atoms with Crippen molar-refractivity contribution in [2.45, 2.75) is 0 Å². The molecule has 1 N–H and O–H groups in total. The molecule has 0 fully saturated rings. The largest absolute Gasteiger partial charge is 0.497 e. The van der Waals surface area contributed by atoms with E-state index in [0.717, 1.165) is 16.8 Å². The van der Waals surface area contributed by atoms with E-state index in [1.807, 2.05) is 12.1 Å². The smallest absolute Gasteiger partial charge is 0.234 e. The lowest BCUT2D eigenvalue weighted by Gasteiger charge is -1.98. The van der Waals surface area contributed by atoms with Gasteiger partial charge in [0.25, 0.3) is 0 Å². The third-order valence-electron chi connectivity index (χ3n) is 3.59. The number of nitrogens with zero attached hydrogens (tertiary/aromatic N) is 1. The van der Waals surface area contributed by atoms with Gasteiger partial charge in [-0.3, -0.25) is 0 Å². The highest BCUT2D eigenvalue weighted by molar-refractivity contribution is 6.11. The molecule has 3 heterocycles. The Hall–Kier alpha value is -2.55. The first-order valence-electron chi connectivity index (χ1n) is 6.25. The summed E-state index contributed by atoms with van der Waals surface area (Å²) in [6.07, 6.45) is 4.14. The topological polar surface area (TPSA) is 29.1 Å². The predicted octanol–water partition coefficient (Wildman–Crippen LogP) is 3.07. The van der Waals surface area contributed by atoms with Crippen molar-refractivity contribution < 1.29 is 9.14 Å². The zero-order valence-corrected chi connectivity index (χ0v) is 10.6. The molecule has 0 radical (unpaired) electrons. The zero-order chi connectivity index (χ0) is 12.8. The lowest BCUT2D eigenvalue weighted by atomic mass is 10.1. The fraction of sp³-hybridized carbons (Fsp3) is 0.0625. The molecular formula is C16H13N2O+. The summed E-state index contributed by atoms with van der Waals surface area (Å²) in [6.45, 7) is 0. The summed E-state index contributed by atoms with van der Waals surface area (Å²) in [4.78, 5) is 3.50. The molecule has 0 bridgehead atoms. The molecule has 0 saturated heterocycles. The molecule has 0 aliphatic heterocycles. The van der Waals surface area contributed by atoms with Gasteiger partial charge in [0, 0.05) is 34.5 Å². The van der Waals surface area contributed by atoms with Gasteiger partial charge in [0.05, 0.1) is 7.11 Å². The standard InChI is InChI=1S/C16H12N2O/c1-19-11-5-6-14-13(10-11)12-7-9-18-8-3-2-4-15(18)16(12)17-14/h2-10H,1H3/p+1. The normalized spacial score (nSPS) is 11.4. The number of rotatable bonds is 1. The van der Waals surface area contributed by atoms with Crippen molar-refractivity contribution in [3.05, 3.63) is 54.9 Å². The van der Waals surface area contributed by atoms with Gasteiger partial charge in [0.15, 0.2) is 12.4 Å². The maximum Gasteiger partial charge on any atom is 0.234 e. The van der Waals surface area contributed by atoms with Crippen LogP contribution >= 0.6 is 0 Å². The SMILES string of the molecule is COc1ccc2[nH]c3c(cc[n+]4ccccc34)c2c1. The van der Waals surface area contributed by atoms with Crippen molar-refractivity contribution in [2.75, 3.05) is 7.11 Å². The number of ether oxygens (including phenoxy) is 1. The molecular weight excluding hydrogens is 236 g/mol. The van der Waals surface area contributed by atoms with Crippen molar-refractivity contribution >= 4 is 27.3 Å². The highest BCUT2D eigenvalue weighted by Crippen LogP contribution is 2.29. The van der Waals surface area contributed by atoms with Gasteiger partial charge in [0.2, 0.25) is 5.52 Å². The van der Waals surface area contributed by atoms with E-state index in [2.05, 4.69) is 52.1 Å². The van der Waals surface area contributed by atoms with Crippen LogP contribution in [0.1, 0.15) is 0 Å². The Morgan fingerprint density at radius 2 is 1.95 bits per heavy atom. The van der Waals surface area contributed by atoms with Gasteiger partial charge in [0.1, 0.15) is 11.3 Å². The van der Waals surface area contributed by atoms with Crippen LogP contribution in [-0.4, -0.2) is 12.1 Å². The van der Waals surface area contributed by atoms with E-state index < -0.39 is 0 Å². The lowest BCUT2D eigenvalue weighted by Crippen LogP contribution is -2.19. The molecule has 92 valence electrons. The first-order valence-corrected chi connectivity index (χ1v) is 6.25. The second-order valence-electron chi connectivity index (χ2n) is 4.63. The maximum atomic E-state index is 5.31. The van der Waals surface area contributed by atoms with Gasteiger partial charge in [-0.05, 0) is 24.3 Å². The average Bonchev–Trinajstić information content (AvgIpc) is 2.85. The molecule has 3 aromatic heterocycles. The average molecular weight is 249 g/mol. The van der Waals surface area contributed by atoms with Crippen molar-refractivity contribution in [1.82, 2.24) is 4.98 Å². The zero-order valence-electron chi connectivity index (χ0n) is 10.6. The van der Waals surface area contributed by atoms with Crippen LogP contribution in [0.2, 0.25) is 0 Å². The molecule has 0 aliphatic carbocycles. The number of benzene rings is 1. The van der Waals surface area contributed by atoms with Crippen LogP contribution in [0.3, 0.4) is 0 Å². The van der Waals surface area contributed by atoms with Gasteiger partial charge in [-0.2, -0.15) is 4.40 Å². The van der Waals surface area contributed by atoms with Crippen LogP contribution in [-0.2, 0) is 0 Å². The molecule has 0 spiro atoms. The summed E-state index contributed by atoms with van der Waals surface area (Å²) in [7, 11) is 1.70. The van der Waals surface area contributed by atoms with Gasteiger partial charge in [-0.1, -0.05) is 0 Å². The van der Waals surface area contributed by atoms with Crippen molar-refractivity contribution in [3.63, 3.8) is 0 Å². The molecule has 0 unspecified atom stereocenters. The van der Waals surface area contributed by atoms with Gasteiger partial charge < -0.3 is 9.72 Å². The van der Waals surface area contributed by atoms with Crippen LogP contribution in [0.15, 0.2) is 54.9 Å². The van der Waals surface area contributed by atoms with Crippen LogP contribution in [0.5, 0.6) is 5.75 Å². The summed E-state index contributed by atoms with van der Waals surface area (Å²) >= 11 is 0. The number of nitrogens with one attached hydrogen (secondary N) is 1. The summed E-state index contributed by atoms with van der Waals surface area (Å²) in [5, 5.41) is 2.42. The second kappa shape index (κ2) is 3.72. The predicted molar refractivity (Wildman–Crippen MR) is 75.5 cm³/mol. The van der Waals surface area contributed by atoms with Crippen molar-refractivity contribution in [3.8, 4) is 5.75 Å². The van der Waals surface area contributed by atoms with E-state index in [-0.39, 0.29) is 0 Å². The molecule has 3 nitrogen and oxygen atoms in total. The number of hydrogen-bond donors (Lipinski definition) is 1. The van der Waals surface area contributed by atoms with Crippen LogP contribution in [0.4, 0.5) is 0 Å². The van der Waals surface area contributed by atoms with Crippen LogP contribution in [0, 0.1) is 0 Å². The minimum Gasteiger partial charge on any atom is -0.497 e. The van der Waals surface area contributed by atoms with E-state index in [0.29, 0.717) is 0 Å². The molecule has 0 atom stereocenters. The Kier molecular flexibility index (Phi) is 2.03. The Bertz CT molecular complexity index is 908. The second-order valence-corrected chi connectivity index (χ2v) is 4.63. The Labute approximate surface area is 110 Å². The molecule has 0 aliphatic rings. The third-order valence-corrected chi connectivity index (χ3v) is 3.59. The minimum atomic E-state index is 0.884. The lowest BCUT2D eigenvalue weighted by molar-refractivity contribution is -0.510. The highest BCUT2D eigenvalue weighted by atomic mass is 16.5. The highest BCUT2D eigenvalue weighted by Gasteiger charge is 2.12. The number of hydrogen-bond acceptors (Lipinski definition) is 1.